The molecule has 0 bridgehead atoms. The van der Waals surface area contributed by atoms with Crippen molar-refractivity contribution in [3.05, 3.63) is 99.3 Å². The third kappa shape index (κ3) is 3.55. The summed E-state index contributed by atoms with van der Waals surface area (Å²) in [5.41, 5.74) is 1.45. The maximum atomic E-state index is 13.9. The van der Waals surface area contributed by atoms with Crippen molar-refractivity contribution in [2.75, 3.05) is 11.5 Å². The quantitative estimate of drug-likeness (QED) is 0.424. The van der Waals surface area contributed by atoms with Crippen molar-refractivity contribution >= 4 is 22.7 Å². The second-order valence-electron chi connectivity index (χ2n) is 8.00. The Balaban J connectivity index is 1.77. The molecule has 1 amide bonds. The summed E-state index contributed by atoms with van der Waals surface area (Å²) >= 11 is 0. The molecule has 7 heteroatoms. The molecule has 2 aromatic carbocycles. The number of hydrogen-bond acceptors (Lipinski definition) is 5. The van der Waals surface area contributed by atoms with E-state index in [2.05, 4.69) is 4.98 Å². The van der Waals surface area contributed by atoms with E-state index in [1.165, 1.54) is 17.0 Å². The molecule has 4 aromatic rings. The lowest BCUT2D eigenvalue weighted by molar-refractivity contribution is 0.0970. The molecule has 2 aromatic heterocycles. The summed E-state index contributed by atoms with van der Waals surface area (Å²) in [5, 5.41) is 0.0870. The van der Waals surface area contributed by atoms with Gasteiger partial charge in [-0.25, -0.2) is 9.37 Å². The van der Waals surface area contributed by atoms with E-state index in [0.29, 0.717) is 23.7 Å². The molecule has 0 aliphatic carbocycles. The van der Waals surface area contributed by atoms with Gasteiger partial charge in [0.2, 0.25) is 5.76 Å². The highest BCUT2D eigenvalue weighted by molar-refractivity contribution is 6.10. The second kappa shape index (κ2) is 8.16. The van der Waals surface area contributed by atoms with Crippen LogP contribution in [0, 0.1) is 12.7 Å². The van der Waals surface area contributed by atoms with Crippen LogP contribution < -0.4 is 15.1 Å². The van der Waals surface area contributed by atoms with E-state index >= 15 is 0 Å². The van der Waals surface area contributed by atoms with Gasteiger partial charge in [-0.3, -0.25) is 14.5 Å². The Labute approximate surface area is 189 Å². The number of aryl methyl sites for hydroxylation is 1. The minimum Gasteiger partial charge on any atom is -0.494 e. The van der Waals surface area contributed by atoms with E-state index in [-0.39, 0.29) is 22.3 Å². The fourth-order valence-electron chi connectivity index (χ4n) is 4.14. The van der Waals surface area contributed by atoms with Gasteiger partial charge in [-0.1, -0.05) is 19.1 Å². The highest BCUT2D eigenvalue weighted by Crippen LogP contribution is 2.41. The first-order valence-electron chi connectivity index (χ1n) is 10.7. The minimum absolute atomic E-state index is 0.0627. The van der Waals surface area contributed by atoms with Crippen LogP contribution in [-0.4, -0.2) is 17.5 Å². The molecule has 0 N–H and O–H groups in total. The monoisotopic (exact) mass is 444 g/mol. The Morgan fingerprint density at radius 2 is 1.97 bits per heavy atom. The van der Waals surface area contributed by atoms with Gasteiger partial charge in [0.05, 0.1) is 23.6 Å². The maximum Gasteiger partial charge on any atom is 0.296 e. The van der Waals surface area contributed by atoms with Gasteiger partial charge in [0.15, 0.2) is 5.43 Å². The summed E-state index contributed by atoms with van der Waals surface area (Å²) in [7, 11) is 0. The molecule has 33 heavy (non-hydrogen) atoms. The zero-order valence-corrected chi connectivity index (χ0v) is 18.2. The number of halogens is 1. The van der Waals surface area contributed by atoms with Gasteiger partial charge in [0, 0.05) is 6.20 Å². The molecule has 0 spiro atoms. The minimum atomic E-state index is -0.795. The molecular formula is C26H21FN2O4. The lowest BCUT2D eigenvalue weighted by Crippen LogP contribution is -2.30. The van der Waals surface area contributed by atoms with Crippen LogP contribution in [0.3, 0.4) is 0 Å². The molecule has 1 aliphatic heterocycles. The number of benzene rings is 2. The number of nitrogens with zero attached hydrogens (tertiary/aromatic N) is 2. The average Bonchev–Trinajstić information content (AvgIpc) is 3.11. The number of anilines is 1. The molecule has 1 atom stereocenters. The first kappa shape index (κ1) is 20.9. The molecule has 0 saturated carbocycles. The van der Waals surface area contributed by atoms with Gasteiger partial charge in [-0.2, -0.15) is 0 Å². The maximum absolute atomic E-state index is 13.9. The number of carbonyl (C=O) groups excluding carboxylic acids is 1. The van der Waals surface area contributed by atoms with Crippen LogP contribution >= 0.6 is 0 Å². The SMILES string of the molecule is CCCOc1cccc([C@H]2c3c(oc4ccc(F)cc4c3=O)C(=O)N2c2cc(C)ccn2)c1. The number of pyridine rings is 1. The van der Waals surface area contributed by atoms with Crippen LogP contribution in [0.5, 0.6) is 5.75 Å². The van der Waals surface area contributed by atoms with Crippen LogP contribution in [0.1, 0.15) is 46.6 Å². The lowest BCUT2D eigenvalue weighted by atomic mass is 9.98. The summed E-state index contributed by atoms with van der Waals surface area (Å²) in [5.74, 6) is -0.0686. The number of hydrogen-bond donors (Lipinski definition) is 0. The van der Waals surface area contributed by atoms with Crippen molar-refractivity contribution < 1.29 is 18.3 Å². The highest BCUT2D eigenvalue weighted by Gasteiger charge is 2.44. The normalized spacial score (nSPS) is 15.2. The van der Waals surface area contributed by atoms with Gasteiger partial charge >= 0.3 is 0 Å². The van der Waals surface area contributed by atoms with Crippen LogP contribution in [0.4, 0.5) is 10.2 Å². The zero-order chi connectivity index (χ0) is 23.1. The van der Waals surface area contributed by atoms with Gasteiger partial charge in [-0.15, -0.1) is 0 Å². The van der Waals surface area contributed by atoms with Crippen molar-refractivity contribution in [1.82, 2.24) is 4.98 Å². The van der Waals surface area contributed by atoms with E-state index < -0.39 is 23.2 Å². The lowest BCUT2D eigenvalue weighted by Gasteiger charge is -2.24. The Morgan fingerprint density at radius 3 is 2.76 bits per heavy atom. The number of aromatic nitrogens is 1. The van der Waals surface area contributed by atoms with Crippen molar-refractivity contribution in [3.8, 4) is 5.75 Å². The fraction of sp³-hybridized carbons (Fsp3) is 0.192. The largest absolute Gasteiger partial charge is 0.494 e. The van der Waals surface area contributed by atoms with Crippen molar-refractivity contribution in [1.29, 1.82) is 0 Å². The Morgan fingerprint density at radius 1 is 1.12 bits per heavy atom. The molecule has 3 heterocycles. The number of fused-ring (bicyclic) bond motifs is 2. The smallest absolute Gasteiger partial charge is 0.296 e. The number of amides is 1. The predicted octanol–water partition coefficient (Wildman–Crippen LogP) is 5.17. The zero-order valence-electron chi connectivity index (χ0n) is 18.2. The summed E-state index contributed by atoms with van der Waals surface area (Å²) < 4.78 is 25.6. The highest BCUT2D eigenvalue weighted by atomic mass is 19.1. The molecular weight excluding hydrogens is 423 g/mol. The summed E-state index contributed by atoms with van der Waals surface area (Å²) in [6.45, 7) is 4.45. The number of ether oxygens (including phenoxy) is 1. The summed E-state index contributed by atoms with van der Waals surface area (Å²) in [4.78, 5) is 32.9. The standard InChI is InChI=1S/C26H21FN2O4/c1-3-11-32-18-6-4-5-16(13-18)23-22-24(30)19-14-17(27)7-8-20(19)33-25(22)26(31)29(23)21-12-15(2)9-10-28-21/h4-10,12-14,23H,3,11H2,1-2H3/t23-/m0/s1. The van der Waals surface area contributed by atoms with Gasteiger partial charge in [0.1, 0.15) is 23.0 Å². The molecule has 0 fully saturated rings. The third-order valence-corrected chi connectivity index (χ3v) is 5.63. The molecule has 6 nitrogen and oxygen atoms in total. The number of rotatable bonds is 5. The van der Waals surface area contributed by atoms with Gasteiger partial charge in [0.25, 0.3) is 5.91 Å². The van der Waals surface area contributed by atoms with E-state index in [4.69, 9.17) is 9.15 Å². The third-order valence-electron chi connectivity index (χ3n) is 5.63. The Hall–Kier alpha value is -4.00. The predicted molar refractivity (Wildman–Crippen MR) is 122 cm³/mol. The first-order chi connectivity index (χ1) is 16.0. The first-order valence-corrected chi connectivity index (χ1v) is 10.7. The second-order valence-corrected chi connectivity index (χ2v) is 8.00. The molecule has 5 rings (SSSR count). The molecule has 1 aliphatic rings. The molecule has 0 unspecified atom stereocenters. The summed E-state index contributed by atoms with van der Waals surface area (Å²) in [6, 6.07) is 13.8. The Kier molecular flexibility index (Phi) is 5.17. The van der Waals surface area contributed by atoms with Crippen LogP contribution in [0.15, 0.2) is 70.0 Å². The van der Waals surface area contributed by atoms with Crippen molar-refractivity contribution in [2.24, 2.45) is 0 Å². The van der Waals surface area contributed by atoms with E-state index in [0.717, 1.165) is 18.1 Å². The fourth-order valence-corrected chi connectivity index (χ4v) is 4.14. The van der Waals surface area contributed by atoms with Crippen LogP contribution in [-0.2, 0) is 0 Å². The van der Waals surface area contributed by atoms with E-state index in [9.17, 15) is 14.0 Å². The van der Waals surface area contributed by atoms with Crippen LogP contribution in [0.2, 0.25) is 0 Å². The molecule has 166 valence electrons. The van der Waals surface area contributed by atoms with Crippen molar-refractivity contribution in [3.63, 3.8) is 0 Å². The van der Waals surface area contributed by atoms with E-state index in [1.54, 1.807) is 18.3 Å². The Bertz CT molecular complexity index is 1450. The molecule has 0 saturated heterocycles. The van der Waals surface area contributed by atoms with E-state index in [1.807, 2.05) is 38.1 Å². The molecule has 0 radical (unpaired) electrons. The van der Waals surface area contributed by atoms with Gasteiger partial charge in [-0.05, 0) is 66.9 Å². The number of carbonyl (C=O) groups is 1. The average molecular weight is 444 g/mol. The summed E-state index contributed by atoms with van der Waals surface area (Å²) in [6.07, 6.45) is 2.45. The van der Waals surface area contributed by atoms with Crippen LogP contribution in [0.25, 0.3) is 11.0 Å². The topological polar surface area (TPSA) is 72.6 Å². The van der Waals surface area contributed by atoms with Crippen molar-refractivity contribution in [2.45, 2.75) is 26.3 Å². The van der Waals surface area contributed by atoms with Gasteiger partial charge < -0.3 is 9.15 Å².